The van der Waals surface area contributed by atoms with Gasteiger partial charge in [0.2, 0.25) is 11.7 Å². The highest BCUT2D eigenvalue weighted by Crippen LogP contribution is 2.32. The van der Waals surface area contributed by atoms with Crippen molar-refractivity contribution in [3.63, 3.8) is 0 Å². The number of anilines is 1. The van der Waals surface area contributed by atoms with Crippen LogP contribution in [0.15, 0.2) is 66.7 Å². The summed E-state index contributed by atoms with van der Waals surface area (Å²) in [6.07, 6.45) is 0.709. The highest BCUT2D eigenvalue weighted by Gasteiger charge is 2.32. The van der Waals surface area contributed by atoms with E-state index in [4.69, 9.17) is 0 Å². The molecule has 4 rings (SSSR count). The van der Waals surface area contributed by atoms with Gasteiger partial charge in [0.25, 0.3) is 0 Å². The van der Waals surface area contributed by atoms with Gasteiger partial charge in [-0.2, -0.15) is 0 Å². The lowest BCUT2D eigenvalue weighted by molar-refractivity contribution is -0.117. The molecule has 0 saturated heterocycles. The van der Waals surface area contributed by atoms with E-state index in [0.29, 0.717) is 30.1 Å². The number of benzene rings is 2. The molecule has 0 fully saturated rings. The Kier molecular flexibility index (Phi) is 4.86. The highest BCUT2D eigenvalue weighted by molar-refractivity contribution is 6.08. The average molecular weight is 372 g/mol. The van der Waals surface area contributed by atoms with Gasteiger partial charge in [0.05, 0.1) is 11.6 Å². The molecule has 1 aliphatic heterocycles. The van der Waals surface area contributed by atoms with Gasteiger partial charge in [0.1, 0.15) is 0 Å². The Morgan fingerprint density at radius 1 is 0.964 bits per heavy atom. The van der Waals surface area contributed by atoms with Crippen molar-refractivity contribution in [3.05, 3.63) is 89.2 Å². The Labute approximate surface area is 165 Å². The van der Waals surface area contributed by atoms with E-state index in [0.717, 1.165) is 11.4 Å². The molecule has 0 aliphatic carbocycles. The molecule has 1 unspecified atom stereocenters. The van der Waals surface area contributed by atoms with Crippen LogP contribution in [0.1, 0.15) is 59.4 Å². The number of aromatic nitrogens is 1. The number of nitrogens with one attached hydrogen (secondary N) is 1. The fourth-order valence-electron chi connectivity index (χ4n) is 3.83. The number of fused-ring (bicyclic) bond motifs is 1. The maximum absolute atomic E-state index is 12.8. The predicted molar refractivity (Wildman–Crippen MR) is 111 cm³/mol. The van der Waals surface area contributed by atoms with Gasteiger partial charge >= 0.3 is 0 Å². The van der Waals surface area contributed by atoms with Crippen molar-refractivity contribution in [1.82, 2.24) is 4.57 Å². The van der Waals surface area contributed by atoms with Gasteiger partial charge in [0.15, 0.2) is 0 Å². The molecule has 2 heterocycles. The van der Waals surface area contributed by atoms with Crippen molar-refractivity contribution in [1.29, 1.82) is 0 Å². The monoisotopic (exact) mass is 372 g/mol. The molecule has 4 nitrogen and oxygen atoms in total. The molecular formula is C24H24N2O2. The van der Waals surface area contributed by atoms with Gasteiger partial charge in [0, 0.05) is 23.5 Å². The zero-order valence-electron chi connectivity index (χ0n) is 16.2. The lowest BCUT2D eigenvalue weighted by Gasteiger charge is -2.12. The fourth-order valence-corrected chi connectivity index (χ4v) is 3.83. The lowest BCUT2D eigenvalue weighted by Crippen LogP contribution is -2.19. The van der Waals surface area contributed by atoms with Gasteiger partial charge in [-0.05, 0) is 42.2 Å². The normalized spacial score (nSPS) is 15.5. The SMILES string of the molecule is CC(C)c1ccc(NC(=O)C2CCn3c(C(=O)c4ccccc4)ccc32)cc1. The quantitative estimate of drug-likeness (QED) is 0.643. The van der Waals surface area contributed by atoms with Crippen molar-refractivity contribution >= 4 is 17.4 Å². The molecule has 2 aromatic carbocycles. The summed E-state index contributed by atoms with van der Waals surface area (Å²) in [7, 11) is 0. The van der Waals surface area contributed by atoms with E-state index >= 15 is 0 Å². The maximum atomic E-state index is 12.8. The first-order valence-electron chi connectivity index (χ1n) is 9.74. The number of nitrogens with zero attached hydrogens (tertiary/aromatic N) is 1. The summed E-state index contributed by atoms with van der Waals surface area (Å²) in [6.45, 7) is 4.98. The first-order chi connectivity index (χ1) is 13.5. The number of rotatable bonds is 5. The van der Waals surface area contributed by atoms with Crippen molar-refractivity contribution < 1.29 is 9.59 Å². The first-order valence-corrected chi connectivity index (χ1v) is 9.74. The van der Waals surface area contributed by atoms with Gasteiger partial charge < -0.3 is 9.88 Å². The van der Waals surface area contributed by atoms with Crippen LogP contribution in [0.25, 0.3) is 0 Å². The van der Waals surface area contributed by atoms with Crippen LogP contribution in [0.2, 0.25) is 0 Å². The van der Waals surface area contributed by atoms with Crippen LogP contribution < -0.4 is 5.32 Å². The molecule has 0 spiro atoms. The smallest absolute Gasteiger partial charge is 0.233 e. The Morgan fingerprint density at radius 3 is 2.36 bits per heavy atom. The van der Waals surface area contributed by atoms with E-state index < -0.39 is 0 Å². The van der Waals surface area contributed by atoms with Crippen molar-refractivity contribution in [2.45, 2.75) is 38.6 Å². The van der Waals surface area contributed by atoms with Crippen LogP contribution in [0, 0.1) is 0 Å². The number of hydrogen-bond acceptors (Lipinski definition) is 2. The summed E-state index contributed by atoms with van der Waals surface area (Å²) >= 11 is 0. The second kappa shape index (κ2) is 7.47. The highest BCUT2D eigenvalue weighted by atomic mass is 16.2. The number of ketones is 1. The third-order valence-electron chi connectivity index (χ3n) is 5.44. The summed E-state index contributed by atoms with van der Waals surface area (Å²) in [4.78, 5) is 25.6. The molecule has 1 N–H and O–H groups in total. The summed E-state index contributed by atoms with van der Waals surface area (Å²) in [6, 6.07) is 21.0. The summed E-state index contributed by atoms with van der Waals surface area (Å²) < 4.78 is 1.99. The average Bonchev–Trinajstić information content (AvgIpc) is 3.30. The van der Waals surface area contributed by atoms with Crippen LogP contribution >= 0.6 is 0 Å². The first kappa shape index (κ1) is 18.2. The molecule has 1 amide bonds. The number of hydrogen-bond donors (Lipinski definition) is 1. The molecule has 142 valence electrons. The zero-order chi connectivity index (χ0) is 19.7. The second-order valence-corrected chi connectivity index (χ2v) is 7.60. The molecular weight excluding hydrogens is 348 g/mol. The van der Waals surface area contributed by atoms with E-state index in [1.165, 1.54) is 5.56 Å². The van der Waals surface area contributed by atoms with Crippen molar-refractivity contribution in [2.24, 2.45) is 0 Å². The number of carbonyl (C=O) groups is 2. The van der Waals surface area contributed by atoms with Crippen LogP contribution in [-0.4, -0.2) is 16.3 Å². The molecule has 1 aromatic heterocycles. The predicted octanol–water partition coefficient (Wildman–Crippen LogP) is 4.97. The second-order valence-electron chi connectivity index (χ2n) is 7.60. The van der Waals surface area contributed by atoms with E-state index in [1.807, 2.05) is 71.3 Å². The summed E-state index contributed by atoms with van der Waals surface area (Å²) in [5.74, 6) is 0.204. The zero-order valence-corrected chi connectivity index (χ0v) is 16.2. The molecule has 0 saturated carbocycles. The lowest BCUT2D eigenvalue weighted by atomic mass is 10.0. The topological polar surface area (TPSA) is 51.1 Å². The minimum absolute atomic E-state index is 0.00261. The number of carbonyl (C=O) groups excluding carboxylic acids is 2. The molecule has 28 heavy (non-hydrogen) atoms. The summed E-state index contributed by atoms with van der Waals surface area (Å²) in [5.41, 5.74) is 4.28. The maximum Gasteiger partial charge on any atom is 0.233 e. The minimum atomic E-state index is -0.234. The summed E-state index contributed by atoms with van der Waals surface area (Å²) in [5, 5.41) is 3.02. The largest absolute Gasteiger partial charge is 0.341 e. The molecule has 3 aromatic rings. The fraction of sp³-hybridized carbons (Fsp3) is 0.250. The van der Waals surface area contributed by atoms with Gasteiger partial charge in [-0.1, -0.05) is 56.3 Å². The van der Waals surface area contributed by atoms with Crippen LogP contribution in [0.3, 0.4) is 0 Å². The van der Waals surface area contributed by atoms with Crippen LogP contribution in [0.4, 0.5) is 5.69 Å². The third kappa shape index (κ3) is 3.38. The Balaban J connectivity index is 1.51. The number of amides is 1. The molecule has 0 bridgehead atoms. The standard InChI is InChI=1S/C24H24N2O2/c1-16(2)17-8-10-19(11-9-17)25-24(28)20-14-15-26-21(20)12-13-22(26)23(27)18-6-4-3-5-7-18/h3-13,16,20H,14-15H2,1-2H3,(H,25,28). The Bertz CT molecular complexity index is 1000. The van der Waals surface area contributed by atoms with Gasteiger partial charge in [-0.3, -0.25) is 9.59 Å². The third-order valence-corrected chi connectivity index (χ3v) is 5.44. The van der Waals surface area contributed by atoms with Crippen molar-refractivity contribution in [3.8, 4) is 0 Å². The van der Waals surface area contributed by atoms with E-state index in [2.05, 4.69) is 19.2 Å². The van der Waals surface area contributed by atoms with Gasteiger partial charge in [-0.25, -0.2) is 0 Å². The van der Waals surface area contributed by atoms with E-state index in [1.54, 1.807) is 0 Å². The van der Waals surface area contributed by atoms with Crippen LogP contribution in [-0.2, 0) is 11.3 Å². The van der Waals surface area contributed by atoms with Crippen LogP contribution in [0.5, 0.6) is 0 Å². The Hall–Kier alpha value is -3.14. The van der Waals surface area contributed by atoms with E-state index in [-0.39, 0.29) is 17.6 Å². The molecule has 0 radical (unpaired) electrons. The van der Waals surface area contributed by atoms with Crippen molar-refractivity contribution in [2.75, 3.05) is 5.32 Å². The molecule has 1 atom stereocenters. The minimum Gasteiger partial charge on any atom is -0.341 e. The Morgan fingerprint density at radius 2 is 1.68 bits per heavy atom. The van der Waals surface area contributed by atoms with E-state index in [9.17, 15) is 9.59 Å². The molecule has 1 aliphatic rings. The molecule has 4 heteroatoms. The van der Waals surface area contributed by atoms with Gasteiger partial charge in [-0.15, -0.1) is 0 Å².